The summed E-state index contributed by atoms with van der Waals surface area (Å²) in [4.78, 5) is 54.0. The number of phosphoric ester groups is 1. The fourth-order valence-electron chi connectivity index (χ4n) is 3.37. The zero-order chi connectivity index (χ0) is 22.9. The number of aliphatic hydroxyl groups excluding tert-OH is 1. The molecule has 1 aromatic carbocycles. The van der Waals surface area contributed by atoms with Gasteiger partial charge in [0.15, 0.2) is 11.5 Å². The first-order valence-corrected chi connectivity index (χ1v) is 11.0. The van der Waals surface area contributed by atoms with Gasteiger partial charge in [0, 0.05) is 26.3 Å². The Kier molecular flexibility index (Phi) is 6.58. The molecule has 0 amide bonds. The van der Waals surface area contributed by atoms with Gasteiger partial charge in [0.05, 0.1) is 23.7 Å². The highest BCUT2D eigenvalue weighted by Gasteiger charge is 2.21. The van der Waals surface area contributed by atoms with E-state index >= 15 is 0 Å². The van der Waals surface area contributed by atoms with Crippen molar-refractivity contribution >= 4 is 24.5 Å². The van der Waals surface area contributed by atoms with Crippen molar-refractivity contribution in [3.05, 3.63) is 38.5 Å². The summed E-state index contributed by atoms with van der Waals surface area (Å²) in [6, 6.07) is 3.70. The third-order valence-electron chi connectivity index (χ3n) is 4.80. The molecule has 12 nitrogen and oxygen atoms in total. The molecule has 13 heteroatoms. The molecule has 0 bridgehead atoms. The normalized spacial score (nSPS) is 13.1. The number of nitrogens with zero attached hydrogens (tertiary/aromatic N) is 4. The van der Waals surface area contributed by atoms with Crippen molar-refractivity contribution < 1.29 is 24.0 Å². The molecule has 0 aliphatic carbocycles. The second kappa shape index (κ2) is 8.85. The Balaban J connectivity index is 2.04. The van der Waals surface area contributed by atoms with Gasteiger partial charge in [-0.3, -0.25) is 14.3 Å². The number of H-pyrrole nitrogens is 1. The van der Waals surface area contributed by atoms with Gasteiger partial charge in [-0.2, -0.15) is 4.98 Å². The van der Waals surface area contributed by atoms with Crippen molar-refractivity contribution in [2.45, 2.75) is 32.4 Å². The molecule has 1 unspecified atom stereocenters. The van der Waals surface area contributed by atoms with Crippen LogP contribution in [-0.4, -0.2) is 61.2 Å². The van der Waals surface area contributed by atoms with Crippen LogP contribution in [0.2, 0.25) is 0 Å². The average molecular weight is 453 g/mol. The first-order chi connectivity index (χ1) is 14.5. The summed E-state index contributed by atoms with van der Waals surface area (Å²) < 4.78 is 16.8. The summed E-state index contributed by atoms with van der Waals surface area (Å²) in [6.45, 7) is 1.78. The number of fused-ring (bicyclic) bond motifs is 2. The molecule has 0 saturated heterocycles. The fourth-order valence-corrected chi connectivity index (χ4v) is 3.72. The summed E-state index contributed by atoms with van der Waals surface area (Å²) in [6.07, 6.45) is -0.781. The van der Waals surface area contributed by atoms with Gasteiger partial charge in [0.2, 0.25) is 0 Å². The van der Waals surface area contributed by atoms with Crippen molar-refractivity contribution in [3.8, 4) is 11.5 Å². The van der Waals surface area contributed by atoms with Gasteiger partial charge in [-0.05, 0) is 37.5 Å². The van der Waals surface area contributed by atoms with Gasteiger partial charge < -0.3 is 24.4 Å². The standard InChI is InChI=1S/C18H24N5O7P/c1-10-8-12-14(9-13(10)22(2)3)23(6-4-11(24)5-7-30-31(27,28)29)16-15(19-12)17(25)21-18(26)20-16/h8-9,11,24H,4-7H2,1-3H3,(H,21,25,26)(H2,27,28,29). The van der Waals surface area contributed by atoms with Crippen molar-refractivity contribution in [1.82, 2.24) is 19.5 Å². The fraction of sp³-hybridized carbons (Fsp3) is 0.444. The average Bonchev–Trinajstić information content (AvgIpc) is 2.64. The number of hydrogen-bond acceptors (Lipinski definition) is 8. The summed E-state index contributed by atoms with van der Waals surface area (Å²) in [5, 5.41) is 10.2. The van der Waals surface area contributed by atoms with E-state index in [-0.39, 0.29) is 37.5 Å². The lowest BCUT2D eigenvalue weighted by Gasteiger charge is -2.21. The number of phosphoric acid groups is 1. The van der Waals surface area contributed by atoms with Gasteiger partial charge in [0.1, 0.15) is 0 Å². The molecule has 1 atom stereocenters. The number of aliphatic hydroxyl groups is 1. The topological polar surface area (TPSA) is 171 Å². The number of benzene rings is 1. The van der Waals surface area contributed by atoms with Gasteiger partial charge in [-0.25, -0.2) is 14.3 Å². The zero-order valence-corrected chi connectivity index (χ0v) is 18.2. The SMILES string of the molecule is Cc1cc2nc3c(=O)[nH]c(=O)nc-3n(CCC(O)CCOP(=O)(O)O)c2cc1N(C)C. The summed E-state index contributed by atoms with van der Waals surface area (Å²) in [5.74, 6) is 0.0912. The van der Waals surface area contributed by atoms with Gasteiger partial charge in [-0.15, -0.1) is 0 Å². The highest BCUT2D eigenvalue weighted by molar-refractivity contribution is 7.46. The smallest absolute Gasteiger partial charge is 0.393 e. The number of anilines is 1. The molecule has 1 aromatic rings. The number of aromatic nitrogens is 4. The van der Waals surface area contributed by atoms with Crippen LogP contribution in [0.5, 0.6) is 0 Å². The molecule has 0 aromatic heterocycles. The molecule has 31 heavy (non-hydrogen) atoms. The van der Waals surface area contributed by atoms with Crippen LogP contribution in [0.25, 0.3) is 22.6 Å². The first kappa shape index (κ1) is 23.0. The minimum absolute atomic E-state index is 0.00317. The molecular weight excluding hydrogens is 429 g/mol. The number of aromatic amines is 1. The third kappa shape index (κ3) is 5.35. The monoisotopic (exact) mass is 453 g/mol. The third-order valence-corrected chi connectivity index (χ3v) is 5.32. The van der Waals surface area contributed by atoms with Crippen LogP contribution in [0.4, 0.5) is 5.69 Å². The van der Waals surface area contributed by atoms with Crippen molar-refractivity contribution in [2.75, 3.05) is 25.6 Å². The predicted octanol–water partition coefficient (Wildman–Crippen LogP) is 0.209. The van der Waals surface area contributed by atoms with Gasteiger partial charge in [0.25, 0.3) is 5.56 Å². The van der Waals surface area contributed by atoms with Crippen LogP contribution in [0, 0.1) is 6.92 Å². The summed E-state index contributed by atoms with van der Waals surface area (Å²) >= 11 is 0. The molecule has 168 valence electrons. The van der Waals surface area contributed by atoms with Crippen LogP contribution in [-0.2, 0) is 15.6 Å². The Bertz CT molecular complexity index is 1230. The summed E-state index contributed by atoms with van der Waals surface area (Å²) in [7, 11) is -0.836. The van der Waals surface area contributed by atoms with Crippen LogP contribution < -0.4 is 16.1 Å². The van der Waals surface area contributed by atoms with E-state index in [1.807, 2.05) is 38.1 Å². The zero-order valence-electron chi connectivity index (χ0n) is 17.3. The lowest BCUT2D eigenvalue weighted by Crippen LogP contribution is -2.29. The van der Waals surface area contributed by atoms with E-state index in [1.165, 1.54) is 0 Å². The van der Waals surface area contributed by atoms with Crippen LogP contribution in [0.3, 0.4) is 0 Å². The number of rotatable bonds is 8. The van der Waals surface area contributed by atoms with E-state index in [0.717, 1.165) is 11.3 Å². The Hall–Kier alpha value is -2.63. The molecule has 0 saturated carbocycles. The second-order valence-electron chi connectivity index (χ2n) is 7.38. The highest BCUT2D eigenvalue weighted by atomic mass is 31.2. The first-order valence-electron chi connectivity index (χ1n) is 9.47. The highest BCUT2D eigenvalue weighted by Crippen LogP contribution is 2.36. The van der Waals surface area contributed by atoms with E-state index in [1.54, 1.807) is 4.57 Å². The number of hydrogen-bond donors (Lipinski definition) is 4. The van der Waals surface area contributed by atoms with Gasteiger partial charge >= 0.3 is 13.5 Å². The lowest BCUT2D eigenvalue weighted by atomic mass is 10.1. The molecule has 2 aliphatic heterocycles. The molecule has 0 radical (unpaired) electrons. The Labute approximate surface area is 176 Å². The van der Waals surface area contributed by atoms with Crippen LogP contribution >= 0.6 is 7.82 Å². The molecule has 2 aliphatic rings. The largest absolute Gasteiger partial charge is 0.469 e. The Morgan fingerprint density at radius 1 is 1.23 bits per heavy atom. The molecule has 0 spiro atoms. The maximum Gasteiger partial charge on any atom is 0.469 e. The lowest BCUT2D eigenvalue weighted by molar-refractivity contribution is 0.113. The van der Waals surface area contributed by atoms with E-state index < -0.39 is 25.2 Å². The molecule has 3 rings (SSSR count). The molecule has 2 heterocycles. The summed E-state index contributed by atoms with van der Waals surface area (Å²) in [5.41, 5.74) is 1.54. The van der Waals surface area contributed by atoms with Crippen LogP contribution in [0.15, 0.2) is 21.7 Å². The second-order valence-corrected chi connectivity index (χ2v) is 8.62. The number of nitrogens with one attached hydrogen (secondary N) is 1. The Morgan fingerprint density at radius 3 is 2.58 bits per heavy atom. The van der Waals surface area contributed by atoms with E-state index in [2.05, 4.69) is 19.5 Å². The minimum atomic E-state index is -4.61. The van der Waals surface area contributed by atoms with E-state index in [0.29, 0.717) is 11.0 Å². The maximum absolute atomic E-state index is 12.3. The molecular formula is C18H24N5O7P. The van der Waals surface area contributed by atoms with E-state index in [9.17, 15) is 19.3 Å². The molecule has 0 fully saturated rings. The van der Waals surface area contributed by atoms with Crippen LogP contribution in [0.1, 0.15) is 18.4 Å². The van der Waals surface area contributed by atoms with E-state index in [4.69, 9.17) is 9.79 Å². The Morgan fingerprint density at radius 2 is 1.94 bits per heavy atom. The van der Waals surface area contributed by atoms with Crippen molar-refractivity contribution in [3.63, 3.8) is 0 Å². The minimum Gasteiger partial charge on any atom is -0.393 e. The predicted molar refractivity (Wildman–Crippen MR) is 113 cm³/mol. The number of aryl methyl sites for hydroxylation is 2. The quantitative estimate of drug-likeness (QED) is 0.273. The van der Waals surface area contributed by atoms with Crippen molar-refractivity contribution in [1.29, 1.82) is 0 Å². The maximum atomic E-state index is 12.3. The van der Waals surface area contributed by atoms with Crippen molar-refractivity contribution in [2.24, 2.45) is 0 Å². The van der Waals surface area contributed by atoms with Gasteiger partial charge in [-0.1, -0.05) is 0 Å². The molecule has 4 N–H and O–H groups in total.